The first-order chi connectivity index (χ1) is 8.24. The lowest BCUT2D eigenvalue weighted by Gasteiger charge is -2.19. The minimum atomic E-state index is 0.586. The van der Waals surface area contributed by atoms with Crippen molar-refractivity contribution in [2.45, 2.75) is 25.9 Å². The summed E-state index contributed by atoms with van der Waals surface area (Å²) in [7, 11) is 3.76. The SMILES string of the molecule is CNC1CCN(c2nc(C)cn2CCOC)C1. The molecule has 1 aliphatic rings. The molecule has 0 bridgehead atoms. The third-order valence-electron chi connectivity index (χ3n) is 3.29. The molecule has 0 aromatic carbocycles. The molecule has 1 fully saturated rings. The van der Waals surface area contributed by atoms with Gasteiger partial charge in [-0.15, -0.1) is 0 Å². The molecule has 2 heterocycles. The summed E-state index contributed by atoms with van der Waals surface area (Å²) in [4.78, 5) is 6.97. The number of aryl methyl sites for hydroxylation is 1. The summed E-state index contributed by atoms with van der Waals surface area (Å²) in [5, 5.41) is 3.33. The Bertz CT molecular complexity index is 363. The Morgan fingerprint density at radius 1 is 1.59 bits per heavy atom. The molecule has 0 amide bonds. The van der Waals surface area contributed by atoms with Gasteiger partial charge in [0.25, 0.3) is 0 Å². The van der Waals surface area contributed by atoms with Crippen LogP contribution in [-0.2, 0) is 11.3 Å². The second-order valence-corrected chi connectivity index (χ2v) is 4.59. The summed E-state index contributed by atoms with van der Waals surface area (Å²) >= 11 is 0. The maximum absolute atomic E-state index is 5.14. The number of aromatic nitrogens is 2. The zero-order valence-corrected chi connectivity index (χ0v) is 10.9. The zero-order chi connectivity index (χ0) is 12.3. The maximum atomic E-state index is 5.14. The van der Waals surface area contributed by atoms with Crippen molar-refractivity contribution < 1.29 is 4.74 Å². The number of ether oxygens (including phenoxy) is 1. The molecule has 1 saturated heterocycles. The summed E-state index contributed by atoms with van der Waals surface area (Å²) in [6.07, 6.45) is 3.29. The average Bonchev–Trinajstić information content (AvgIpc) is 2.92. The van der Waals surface area contributed by atoms with Crippen LogP contribution < -0.4 is 10.2 Å². The highest BCUT2D eigenvalue weighted by Gasteiger charge is 2.24. The Morgan fingerprint density at radius 3 is 3.06 bits per heavy atom. The smallest absolute Gasteiger partial charge is 0.205 e. The second-order valence-electron chi connectivity index (χ2n) is 4.59. The molecule has 1 N–H and O–H groups in total. The van der Waals surface area contributed by atoms with E-state index in [1.54, 1.807) is 7.11 Å². The van der Waals surface area contributed by atoms with E-state index in [0.29, 0.717) is 6.04 Å². The Kier molecular flexibility index (Phi) is 4.02. The molecular formula is C12H22N4O. The van der Waals surface area contributed by atoms with E-state index in [4.69, 9.17) is 4.74 Å². The molecule has 0 aliphatic carbocycles. The number of likely N-dealkylation sites (N-methyl/N-ethyl adjacent to an activating group) is 1. The summed E-state index contributed by atoms with van der Waals surface area (Å²) in [6, 6.07) is 0.586. The van der Waals surface area contributed by atoms with Gasteiger partial charge in [-0.3, -0.25) is 0 Å². The van der Waals surface area contributed by atoms with Gasteiger partial charge in [0.05, 0.1) is 12.3 Å². The zero-order valence-electron chi connectivity index (χ0n) is 10.9. The van der Waals surface area contributed by atoms with Gasteiger partial charge in [0.2, 0.25) is 5.95 Å². The van der Waals surface area contributed by atoms with Gasteiger partial charge < -0.3 is 19.5 Å². The number of nitrogens with one attached hydrogen (secondary N) is 1. The van der Waals surface area contributed by atoms with Gasteiger partial charge in [-0.1, -0.05) is 0 Å². The number of anilines is 1. The molecule has 1 aliphatic heterocycles. The van der Waals surface area contributed by atoms with E-state index < -0.39 is 0 Å². The first-order valence-electron chi connectivity index (χ1n) is 6.19. The van der Waals surface area contributed by atoms with Crippen LogP contribution >= 0.6 is 0 Å². The van der Waals surface area contributed by atoms with E-state index in [1.165, 1.54) is 6.42 Å². The standard InChI is InChI=1S/C12H22N4O/c1-10-8-16(6-7-17-3)12(14-10)15-5-4-11(9-15)13-2/h8,11,13H,4-7,9H2,1-3H3. The van der Waals surface area contributed by atoms with Crippen LogP contribution in [0.3, 0.4) is 0 Å². The van der Waals surface area contributed by atoms with Crippen molar-refractivity contribution in [2.24, 2.45) is 0 Å². The van der Waals surface area contributed by atoms with Crippen LogP contribution in [0.4, 0.5) is 5.95 Å². The van der Waals surface area contributed by atoms with Gasteiger partial charge >= 0.3 is 0 Å². The highest BCUT2D eigenvalue weighted by Crippen LogP contribution is 2.19. The minimum Gasteiger partial charge on any atom is -0.383 e. The van der Waals surface area contributed by atoms with Crippen molar-refractivity contribution in [3.8, 4) is 0 Å². The number of hydrogen-bond donors (Lipinski definition) is 1. The van der Waals surface area contributed by atoms with Crippen molar-refractivity contribution in [1.82, 2.24) is 14.9 Å². The van der Waals surface area contributed by atoms with Gasteiger partial charge in [0.1, 0.15) is 0 Å². The van der Waals surface area contributed by atoms with Crippen LogP contribution in [0.5, 0.6) is 0 Å². The van der Waals surface area contributed by atoms with Crippen molar-refractivity contribution in [1.29, 1.82) is 0 Å². The van der Waals surface area contributed by atoms with Crippen LogP contribution in [0, 0.1) is 6.92 Å². The molecule has 0 radical (unpaired) electrons. The minimum absolute atomic E-state index is 0.586. The topological polar surface area (TPSA) is 42.3 Å². The van der Waals surface area contributed by atoms with Gasteiger partial charge in [-0.25, -0.2) is 4.98 Å². The molecule has 1 unspecified atom stereocenters. The van der Waals surface area contributed by atoms with Crippen molar-refractivity contribution in [3.05, 3.63) is 11.9 Å². The summed E-state index contributed by atoms with van der Waals surface area (Å²) in [5.74, 6) is 1.08. The average molecular weight is 238 g/mol. The predicted molar refractivity (Wildman–Crippen MR) is 68.5 cm³/mol. The lowest BCUT2D eigenvalue weighted by molar-refractivity contribution is 0.187. The molecule has 5 nitrogen and oxygen atoms in total. The lowest BCUT2D eigenvalue weighted by atomic mass is 10.3. The fourth-order valence-electron chi connectivity index (χ4n) is 2.32. The molecule has 5 heteroatoms. The van der Waals surface area contributed by atoms with Crippen LogP contribution in [0.25, 0.3) is 0 Å². The van der Waals surface area contributed by atoms with E-state index in [-0.39, 0.29) is 0 Å². The number of methoxy groups -OCH3 is 1. The first kappa shape index (κ1) is 12.4. The monoisotopic (exact) mass is 238 g/mol. The fourth-order valence-corrected chi connectivity index (χ4v) is 2.32. The third-order valence-corrected chi connectivity index (χ3v) is 3.29. The van der Waals surface area contributed by atoms with E-state index in [0.717, 1.165) is 37.9 Å². The molecule has 1 atom stereocenters. The van der Waals surface area contributed by atoms with Crippen molar-refractivity contribution in [3.63, 3.8) is 0 Å². The van der Waals surface area contributed by atoms with Crippen molar-refractivity contribution in [2.75, 3.05) is 38.8 Å². The number of rotatable bonds is 5. The normalized spacial score (nSPS) is 20.2. The molecule has 2 rings (SSSR count). The molecule has 17 heavy (non-hydrogen) atoms. The largest absolute Gasteiger partial charge is 0.383 e. The summed E-state index contributed by atoms with van der Waals surface area (Å²) < 4.78 is 7.33. The Balaban J connectivity index is 2.09. The van der Waals surface area contributed by atoms with Gasteiger partial charge in [0.15, 0.2) is 0 Å². The highest BCUT2D eigenvalue weighted by atomic mass is 16.5. The number of hydrogen-bond acceptors (Lipinski definition) is 4. The van der Waals surface area contributed by atoms with Gasteiger partial charge in [-0.2, -0.15) is 0 Å². The predicted octanol–water partition coefficient (Wildman–Crippen LogP) is 0.636. The molecule has 0 saturated carbocycles. The van der Waals surface area contributed by atoms with Gasteiger partial charge in [-0.05, 0) is 20.4 Å². The molecular weight excluding hydrogens is 216 g/mol. The van der Waals surface area contributed by atoms with E-state index in [2.05, 4.69) is 26.0 Å². The second kappa shape index (κ2) is 5.51. The highest BCUT2D eigenvalue weighted by molar-refractivity contribution is 5.35. The fraction of sp³-hybridized carbons (Fsp3) is 0.750. The third kappa shape index (κ3) is 2.79. The van der Waals surface area contributed by atoms with Crippen LogP contribution in [-0.4, -0.2) is 49.4 Å². The molecule has 0 spiro atoms. The summed E-state index contributed by atoms with van der Waals surface area (Å²) in [6.45, 7) is 5.76. The Morgan fingerprint density at radius 2 is 2.41 bits per heavy atom. The van der Waals surface area contributed by atoms with Crippen LogP contribution in [0.1, 0.15) is 12.1 Å². The summed E-state index contributed by atoms with van der Waals surface area (Å²) in [5.41, 5.74) is 1.07. The quantitative estimate of drug-likeness (QED) is 0.817. The number of nitrogens with zero attached hydrogens (tertiary/aromatic N) is 3. The molecule has 96 valence electrons. The molecule has 1 aromatic heterocycles. The van der Waals surface area contributed by atoms with E-state index in [9.17, 15) is 0 Å². The Labute approximate surface area is 103 Å². The van der Waals surface area contributed by atoms with E-state index >= 15 is 0 Å². The van der Waals surface area contributed by atoms with E-state index in [1.807, 2.05) is 14.0 Å². The molecule has 1 aromatic rings. The number of imidazole rings is 1. The Hall–Kier alpha value is -1.07. The van der Waals surface area contributed by atoms with Crippen molar-refractivity contribution >= 4 is 5.95 Å². The van der Waals surface area contributed by atoms with Gasteiger partial charge in [0, 0.05) is 39.0 Å². The van der Waals surface area contributed by atoms with Crippen LogP contribution in [0.15, 0.2) is 6.20 Å². The lowest BCUT2D eigenvalue weighted by Crippen LogP contribution is -2.31. The van der Waals surface area contributed by atoms with Crippen LogP contribution in [0.2, 0.25) is 0 Å². The first-order valence-corrected chi connectivity index (χ1v) is 6.19. The maximum Gasteiger partial charge on any atom is 0.205 e.